The summed E-state index contributed by atoms with van der Waals surface area (Å²) < 4.78 is 13.7. The quantitative estimate of drug-likeness (QED) is 0.943. The smallest absolute Gasteiger partial charge is 0.259 e. The van der Waals surface area contributed by atoms with Gasteiger partial charge < -0.3 is 10.6 Å². The molecule has 21 heavy (non-hydrogen) atoms. The van der Waals surface area contributed by atoms with Crippen molar-refractivity contribution in [1.82, 2.24) is 0 Å². The molecule has 0 aromatic heterocycles. The summed E-state index contributed by atoms with van der Waals surface area (Å²) >= 11 is 6.05. The summed E-state index contributed by atoms with van der Waals surface area (Å²) in [6.45, 7) is 1.99. The van der Waals surface area contributed by atoms with Crippen molar-refractivity contribution < 1.29 is 9.18 Å². The highest BCUT2D eigenvalue weighted by atomic mass is 35.5. The van der Waals surface area contributed by atoms with E-state index >= 15 is 0 Å². The van der Waals surface area contributed by atoms with E-state index in [-0.39, 0.29) is 16.5 Å². The second kappa shape index (κ2) is 6.24. The summed E-state index contributed by atoms with van der Waals surface area (Å²) in [5.41, 5.74) is 7.73. The van der Waals surface area contributed by atoms with E-state index < -0.39 is 5.82 Å². The van der Waals surface area contributed by atoms with E-state index in [1.165, 1.54) is 17.0 Å². The number of carbonyl (C=O) groups excluding carboxylic acids is 1. The van der Waals surface area contributed by atoms with Crippen molar-refractivity contribution in [2.75, 3.05) is 11.9 Å². The van der Waals surface area contributed by atoms with Crippen molar-refractivity contribution in [2.24, 2.45) is 5.73 Å². The Bertz CT molecular complexity index is 688. The number of nitrogens with two attached hydrogens (primary N) is 1. The Balaban J connectivity index is 2.37. The molecule has 2 rings (SSSR count). The number of anilines is 1. The summed E-state index contributed by atoms with van der Waals surface area (Å²) in [6, 6.07) is 9.92. The predicted octanol–water partition coefficient (Wildman–Crippen LogP) is 3.52. The molecule has 0 fully saturated rings. The molecular weight excluding hydrogens is 291 g/mol. The lowest BCUT2D eigenvalue weighted by Crippen LogP contribution is -2.26. The van der Waals surface area contributed by atoms with Gasteiger partial charge in [0.1, 0.15) is 5.82 Å². The van der Waals surface area contributed by atoms with E-state index in [0.717, 1.165) is 5.56 Å². The van der Waals surface area contributed by atoms with E-state index in [4.69, 9.17) is 17.3 Å². The Morgan fingerprint density at radius 3 is 2.71 bits per heavy atom. The SMILES string of the molecule is Cc1cc(Cl)c(C(=O)N(C)c2cccc(CN)c2)cc1F. The number of hydrogen-bond donors (Lipinski definition) is 1. The van der Waals surface area contributed by atoms with Gasteiger partial charge in [-0.1, -0.05) is 23.7 Å². The molecule has 2 aromatic carbocycles. The number of rotatable bonds is 3. The van der Waals surface area contributed by atoms with Crippen LogP contribution in [0.3, 0.4) is 0 Å². The molecule has 0 saturated heterocycles. The van der Waals surface area contributed by atoms with Crippen LogP contribution in [0.5, 0.6) is 0 Å². The molecule has 5 heteroatoms. The van der Waals surface area contributed by atoms with Gasteiger partial charge in [0.05, 0.1) is 10.6 Å². The Morgan fingerprint density at radius 1 is 1.33 bits per heavy atom. The highest BCUT2D eigenvalue weighted by molar-refractivity contribution is 6.34. The lowest BCUT2D eigenvalue weighted by Gasteiger charge is -2.19. The average Bonchev–Trinajstić information content (AvgIpc) is 2.49. The number of halogens is 2. The second-order valence-electron chi connectivity index (χ2n) is 4.82. The van der Waals surface area contributed by atoms with Gasteiger partial charge in [0.15, 0.2) is 0 Å². The highest BCUT2D eigenvalue weighted by Gasteiger charge is 2.18. The summed E-state index contributed by atoms with van der Waals surface area (Å²) in [5.74, 6) is -0.820. The number of hydrogen-bond acceptors (Lipinski definition) is 2. The maximum Gasteiger partial charge on any atom is 0.259 e. The Labute approximate surface area is 128 Å². The first-order chi connectivity index (χ1) is 9.93. The molecule has 0 aliphatic carbocycles. The van der Waals surface area contributed by atoms with E-state index in [2.05, 4.69) is 0 Å². The predicted molar refractivity (Wildman–Crippen MR) is 83.2 cm³/mol. The zero-order chi connectivity index (χ0) is 15.6. The fraction of sp³-hybridized carbons (Fsp3) is 0.188. The molecule has 0 aliphatic heterocycles. The molecule has 0 atom stereocenters. The summed E-state index contributed by atoms with van der Waals surface area (Å²) in [5, 5.41) is 0.237. The van der Waals surface area contributed by atoms with Gasteiger partial charge in [-0.3, -0.25) is 4.79 Å². The topological polar surface area (TPSA) is 46.3 Å². The van der Waals surface area contributed by atoms with Gasteiger partial charge in [0, 0.05) is 19.3 Å². The van der Waals surface area contributed by atoms with Gasteiger partial charge >= 0.3 is 0 Å². The van der Waals surface area contributed by atoms with Gasteiger partial charge in [0.2, 0.25) is 0 Å². The fourth-order valence-corrected chi connectivity index (χ4v) is 2.30. The minimum atomic E-state index is -0.452. The molecule has 0 unspecified atom stereocenters. The van der Waals surface area contributed by atoms with Crippen LogP contribution in [-0.2, 0) is 6.54 Å². The van der Waals surface area contributed by atoms with Crippen molar-refractivity contribution in [3.8, 4) is 0 Å². The molecule has 0 radical (unpaired) electrons. The first-order valence-electron chi connectivity index (χ1n) is 6.46. The van der Waals surface area contributed by atoms with Crippen molar-refractivity contribution >= 4 is 23.2 Å². The van der Waals surface area contributed by atoms with Crippen LogP contribution in [0.4, 0.5) is 10.1 Å². The lowest BCUT2D eigenvalue weighted by atomic mass is 10.1. The van der Waals surface area contributed by atoms with E-state index in [1.807, 2.05) is 18.2 Å². The minimum absolute atomic E-state index is 0.139. The van der Waals surface area contributed by atoms with E-state index in [1.54, 1.807) is 20.0 Å². The largest absolute Gasteiger partial charge is 0.326 e. The zero-order valence-electron chi connectivity index (χ0n) is 11.9. The Morgan fingerprint density at radius 2 is 2.05 bits per heavy atom. The first kappa shape index (κ1) is 15.5. The summed E-state index contributed by atoms with van der Waals surface area (Å²) in [4.78, 5) is 13.9. The third kappa shape index (κ3) is 3.23. The van der Waals surface area contributed by atoms with Crippen LogP contribution >= 0.6 is 11.6 Å². The van der Waals surface area contributed by atoms with Crippen LogP contribution in [0.1, 0.15) is 21.5 Å². The third-order valence-corrected chi connectivity index (χ3v) is 3.63. The Hall–Kier alpha value is -1.91. The standard InChI is InChI=1S/C16H16ClFN2O/c1-10-6-14(17)13(8-15(10)18)16(21)20(2)12-5-3-4-11(7-12)9-19/h3-8H,9,19H2,1-2H3. The number of benzene rings is 2. The number of carbonyl (C=O) groups is 1. The van der Waals surface area contributed by atoms with Crippen molar-refractivity contribution in [3.05, 3.63) is 63.9 Å². The minimum Gasteiger partial charge on any atom is -0.326 e. The van der Waals surface area contributed by atoms with Crippen LogP contribution in [0.2, 0.25) is 5.02 Å². The molecule has 2 aromatic rings. The molecule has 0 bridgehead atoms. The van der Waals surface area contributed by atoms with Crippen molar-refractivity contribution in [1.29, 1.82) is 0 Å². The maximum absolute atomic E-state index is 13.7. The van der Waals surface area contributed by atoms with Gasteiger partial charge in [-0.25, -0.2) is 4.39 Å². The lowest BCUT2D eigenvalue weighted by molar-refractivity contribution is 0.0992. The summed E-state index contributed by atoms with van der Waals surface area (Å²) in [6.07, 6.45) is 0. The molecular formula is C16H16ClFN2O. The number of amides is 1. The van der Waals surface area contributed by atoms with E-state index in [9.17, 15) is 9.18 Å². The van der Waals surface area contributed by atoms with Crippen molar-refractivity contribution in [2.45, 2.75) is 13.5 Å². The van der Waals surface area contributed by atoms with Gasteiger partial charge in [-0.05, 0) is 42.3 Å². The zero-order valence-corrected chi connectivity index (χ0v) is 12.6. The van der Waals surface area contributed by atoms with Crippen molar-refractivity contribution in [3.63, 3.8) is 0 Å². The fourth-order valence-electron chi connectivity index (χ4n) is 2.00. The third-order valence-electron chi connectivity index (χ3n) is 3.32. The highest BCUT2D eigenvalue weighted by Crippen LogP contribution is 2.24. The molecule has 2 N–H and O–H groups in total. The normalized spacial score (nSPS) is 10.5. The monoisotopic (exact) mass is 306 g/mol. The molecule has 1 amide bonds. The molecule has 0 spiro atoms. The average molecular weight is 307 g/mol. The van der Waals surface area contributed by atoms with Crippen LogP contribution in [0.15, 0.2) is 36.4 Å². The van der Waals surface area contributed by atoms with E-state index in [0.29, 0.717) is 17.8 Å². The maximum atomic E-state index is 13.7. The first-order valence-corrected chi connectivity index (χ1v) is 6.84. The molecule has 110 valence electrons. The molecule has 0 heterocycles. The van der Waals surface area contributed by atoms with Crippen LogP contribution in [0, 0.1) is 12.7 Å². The van der Waals surface area contributed by atoms with Crippen LogP contribution in [-0.4, -0.2) is 13.0 Å². The van der Waals surface area contributed by atoms with Gasteiger partial charge in [-0.15, -0.1) is 0 Å². The van der Waals surface area contributed by atoms with Crippen LogP contribution in [0.25, 0.3) is 0 Å². The van der Waals surface area contributed by atoms with Gasteiger partial charge in [0.25, 0.3) is 5.91 Å². The number of nitrogens with zero attached hydrogens (tertiary/aromatic N) is 1. The number of aryl methyl sites for hydroxylation is 1. The molecule has 0 saturated carbocycles. The summed E-state index contributed by atoms with van der Waals surface area (Å²) in [7, 11) is 1.62. The van der Waals surface area contributed by atoms with Crippen LogP contribution < -0.4 is 10.6 Å². The molecule has 3 nitrogen and oxygen atoms in total. The van der Waals surface area contributed by atoms with Gasteiger partial charge in [-0.2, -0.15) is 0 Å². The molecule has 0 aliphatic rings. The second-order valence-corrected chi connectivity index (χ2v) is 5.23. The Kier molecular flexibility index (Phi) is 4.60.